The van der Waals surface area contributed by atoms with E-state index < -0.39 is 0 Å². The number of piperidine rings is 1. The molecule has 1 fully saturated rings. The van der Waals surface area contributed by atoms with Crippen LogP contribution in [-0.4, -0.2) is 55.8 Å². The molecule has 1 aliphatic rings. The fourth-order valence-electron chi connectivity index (χ4n) is 3.91. The highest BCUT2D eigenvalue weighted by atomic mass is 127. The molecule has 7 heteroatoms. The quantitative estimate of drug-likeness (QED) is 0.166. The number of benzene rings is 1. The van der Waals surface area contributed by atoms with Crippen molar-refractivity contribution in [2.75, 3.05) is 32.8 Å². The molecule has 184 valence electrons. The van der Waals surface area contributed by atoms with Crippen LogP contribution in [-0.2, 0) is 17.7 Å². The molecule has 0 bridgehead atoms. The van der Waals surface area contributed by atoms with Crippen molar-refractivity contribution in [1.82, 2.24) is 15.5 Å². The van der Waals surface area contributed by atoms with Crippen molar-refractivity contribution >= 4 is 29.9 Å². The largest absolute Gasteiger partial charge is 0.469 e. The molecule has 1 aromatic carbocycles. The molecule has 0 aliphatic carbocycles. The van der Waals surface area contributed by atoms with Gasteiger partial charge < -0.3 is 19.8 Å². The molecule has 2 N–H and O–H groups in total. The van der Waals surface area contributed by atoms with E-state index in [1.165, 1.54) is 5.56 Å². The van der Waals surface area contributed by atoms with Crippen LogP contribution in [0.1, 0.15) is 50.9 Å². The highest BCUT2D eigenvalue weighted by Crippen LogP contribution is 2.14. The number of furan rings is 1. The van der Waals surface area contributed by atoms with Gasteiger partial charge in [0.05, 0.1) is 12.4 Å². The maximum atomic E-state index is 5.63. The van der Waals surface area contributed by atoms with Crippen molar-refractivity contribution in [3.05, 3.63) is 60.1 Å². The van der Waals surface area contributed by atoms with Gasteiger partial charge in [-0.3, -0.25) is 9.89 Å². The van der Waals surface area contributed by atoms with Crippen LogP contribution >= 0.6 is 24.0 Å². The summed E-state index contributed by atoms with van der Waals surface area (Å²) in [6.45, 7) is 9.84. The third-order valence-electron chi connectivity index (χ3n) is 5.69. The van der Waals surface area contributed by atoms with E-state index in [9.17, 15) is 0 Å². The zero-order valence-electron chi connectivity index (χ0n) is 20.2. The summed E-state index contributed by atoms with van der Waals surface area (Å²) in [5.41, 5.74) is 1.39. The smallest absolute Gasteiger partial charge is 0.191 e. The molecule has 1 aromatic heterocycles. The molecule has 0 radical (unpaired) electrons. The Balaban J connectivity index is 0.00000385. The van der Waals surface area contributed by atoms with Crippen molar-refractivity contribution < 1.29 is 9.15 Å². The summed E-state index contributed by atoms with van der Waals surface area (Å²) in [4.78, 5) is 7.38. The van der Waals surface area contributed by atoms with Crippen LogP contribution in [0.25, 0.3) is 0 Å². The van der Waals surface area contributed by atoms with Crippen molar-refractivity contribution in [3.8, 4) is 0 Å². The molecule has 2 heterocycles. The first-order chi connectivity index (χ1) is 15.7. The second-order valence-electron chi connectivity index (χ2n) is 8.79. The van der Waals surface area contributed by atoms with E-state index in [2.05, 4.69) is 59.7 Å². The van der Waals surface area contributed by atoms with Crippen molar-refractivity contribution in [2.24, 2.45) is 4.99 Å². The lowest BCUT2D eigenvalue weighted by Crippen LogP contribution is -2.49. The number of guanidine groups is 1. The van der Waals surface area contributed by atoms with E-state index in [4.69, 9.17) is 14.1 Å². The number of ether oxygens (including phenoxy) is 1. The maximum absolute atomic E-state index is 5.63. The Morgan fingerprint density at radius 1 is 1.12 bits per heavy atom. The minimum Gasteiger partial charge on any atom is -0.469 e. The Kier molecular flexibility index (Phi) is 13.5. The highest BCUT2D eigenvalue weighted by Gasteiger charge is 2.20. The van der Waals surface area contributed by atoms with Gasteiger partial charge in [0, 0.05) is 51.8 Å². The topological polar surface area (TPSA) is 62.0 Å². The van der Waals surface area contributed by atoms with Crippen LogP contribution < -0.4 is 10.6 Å². The van der Waals surface area contributed by atoms with Crippen molar-refractivity contribution in [1.29, 1.82) is 0 Å². The Labute approximate surface area is 216 Å². The molecule has 2 aromatic rings. The SMILES string of the molecule is CC(C)OCCCCN=C(NCCc1ccco1)NC1CCN(Cc2ccccc2)CC1.I. The molecule has 0 atom stereocenters. The van der Waals surface area contributed by atoms with E-state index >= 15 is 0 Å². The number of nitrogens with zero attached hydrogens (tertiary/aromatic N) is 2. The van der Waals surface area contributed by atoms with Gasteiger partial charge >= 0.3 is 0 Å². The van der Waals surface area contributed by atoms with Gasteiger partial charge in [-0.1, -0.05) is 30.3 Å². The molecular weight excluding hydrogens is 527 g/mol. The van der Waals surface area contributed by atoms with Gasteiger partial charge in [-0.25, -0.2) is 0 Å². The fraction of sp³-hybridized carbons (Fsp3) is 0.577. The summed E-state index contributed by atoms with van der Waals surface area (Å²) in [6.07, 6.45) is 7.22. The highest BCUT2D eigenvalue weighted by molar-refractivity contribution is 14.0. The van der Waals surface area contributed by atoms with E-state index in [0.29, 0.717) is 12.1 Å². The number of rotatable bonds is 12. The van der Waals surface area contributed by atoms with Crippen LogP contribution in [0.2, 0.25) is 0 Å². The molecular formula is C26H41IN4O2. The Morgan fingerprint density at radius 2 is 1.91 bits per heavy atom. The Bertz CT molecular complexity index is 760. The number of hydrogen-bond donors (Lipinski definition) is 2. The van der Waals surface area contributed by atoms with Gasteiger partial charge in [-0.2, -0.15) is 0 Å². The molecule has 6 nitrogen and oxygen atoms in total. The van der Waals surface area contributed by atoms with E-state index in [1.54, 1.807) is 6.26 Å². The first-order valence-electron chi connectivity index (χ1n) is 12.1. The number of halogens is 1. The third-order valence-corrected chi connectivity index (χ3v) is 5.69. The van der Waals surface area contributed by atoms with Crippen molar-refractivity contribution in [3.63, 3.8) is 0 Å². The summed E-state index contributed by atoms with van der Waals surface area (Å²) < 4.78 is 11.1. The van der Waals surface area contributed by atoms with Crippen molar-refractivity contribution in [2.45, 2.75) is 64.6 Å². The summed E-state index contributed by atoms with van der Waals surface area (Å²) in [5, 5.41) is 7.18. The van der Waals surface area contributed by atoms with Crippen LogP contribution in [0, 0.1) is 0 Å². The minimum absolute atomic E-state index is 0. The summed E-state index contributed by atoms with van der Waals surface area (Å²) >= 11 is 0. The first kappa shape index (κ1) is 27.7. The van der Waals surface area contributed by atoms with E-state index in [0.717, 1.165) is 83.2 Å². The van der Waals surface area contributed by atoms with Gasteiger partial charge in [0.25, 0.3) is 0 Å². The molecule has 33 heavy (non-hydrogen) atoms. The standard InChI is InChI=1S/C26H40N4O2.HI/c1-22(2)31-19-7-6-15-27-26(28-16-12-25-11-8-20-32-25)29-24-13-17-30(18-14-24)21-23-9-4-3-5-10-23;/h3-5,8-11,20,22,24H,6-7,12-19,21H2,1-2H3,(H2,27,28,29);1H. The van der Waals surface area contributed by atoms with Crippen LogP contribution in [0.5, 0.6) is 0 Å². The van der Waals surface area contributed by atoms with E-state index in [1.807, 2.05) is 12.1 Å². The number of likely N-dealkylation sites (tertiary alicyclic amines) is 1. The summed E-state index contributed by atoms with van der Waals surface area (Å²) in [5.74, 6) is 1.92. The molecule has 0 unspecified atom stereocenters. The maximum Gasteiger partial charge on any atom is 0.191 e. The predicted octanol–water partition coefficient (Wildman–Crippen LogP) is 4.85. The van der Waals surface area contributed by atoms with Gasteiger partial charge in [0.15, 0.2) is 5.96 Å². The Hall–Kier alpha value is -1.58. The number of nitrogens with one attached hydrogen (secondary N) is 2. The molecule has 3 rings (SSSR count). The lowest BCUT2D eigenvalue weighted by atomic mass is 10.0. The lowest BCUT2D eigenvalue weighted by Gasteiger charge is -2.33. The summed E-state index contributed by atoms with van der Waals surface area (Å²) in [7, 11) is 0. The molecule has 0 saturated carbocycles. The molecule has 0 spiro atoms. The monoisotopic (exact) mass is 568 g/mol. The minimum atomic E-state index is 0. The normalized spacial score (nSPS) is 15.4. The summed E-state index contributed by atoms with van der Waals surface area (Å²) in [6, 6.07) is 15.2. The fourth-order valence-corrected chi connectivity index (χ4v) is 3.91. The molecule has 0 amide bonds. The Morgan fingerprint density at radius 3 is 2.61 bits per heavy atom. The van der Waals surface area contributed by atoms with Crippen LogP contribution in [0.15, 0.2) is 58.1 Å². The zero-order chi connectivity index (χ0) is 22.4. The molecule has 1 aliphatic heterocycles. The average molecular weight is 569 g/mol. The van der Waals surface area contributed by atoms with Crippen LogP contribution in [0.4, 0.5) is 0 Å². The van der Waals surface area contributed by atoms with Gasteiger partial charge in [-0.15, -0.1) is 24.0 Å². The average Bonchev–Trinajstić information content (AvgIpc) is 3.31. The number of hydrogen-bond acceptors (Lipinski definition) is 4. The third kappa shape index (κ3) is 11.4. The second kappa shape index (κ2) is 16.1. The second-order valence-corrected chi connectivity index (χ2v) is 8.79. The van der Waals surface area contributed by atoms with E-state index in [-0.39, 0.29) is 24.0 Å². The number of unbranched alkanes of at least 4 members (excludes halogenated alkanes) is 1. The lowest BCUT2D eigenvalue weighted by molar-refractivity contribution is 0.0763. The number of aliphatic imine (C=N–C) groups is 1. The van der Waals surface area contributed by atoms with Gasteiger partial charge in [0.2, 0.25) is 0 Å². The van der Waals surface area contributed by atoms with Gasteiger partial charge in [-0.05, 0) is 57.2 Å². The zero-order valence-corrected chi connectivity index (χ0v) is 22.5. The van der Waals surface area contributed by atoms with Crippen LogP contribution in [0.3, 0.4) is 0 Å². The molecule has 1 saturated heterocycles. The predicted molar refractivity (Wildman–Crippen MR) is 146 cm³/mol. The van der Waals surface area contributed by atoms with Gasteiger partial charge in [0.1, 0.15) is 5.76 Å². The first-order valence-corrected chi connectivity index (χ1v) is 12.1.